The van der Waals surface area contributed by atoms with Gasteiger partial charge in [0.15, 0.2) is 0 Å². The summed E-state index contributed by atoms with van der Waals surface area (Å²) in [5, 5.41) is 0.203. The minimum Gasteiger partial charge on any atom is -0.301 e. The first-order chi connectivity index (χ1) is 6.65. The van der Waals surface area contributed by atoms with E-state index >= 15 is 0 Å². The van der Waals surface area contributed by atoms with Gasteiger partial charge in [-0.15, -0.1) is 11.6 Å². The van der Waals surface area contributed by atoms with Crippen LogP contribution in [0.2, 0.25) is 5.02 Å². The first-order valence-electron chi connectivity index (χ1n) is 4.32. The Bertz CT molecular complexity index is 304. The van der Waals surface area contributed by atoms with Gasteiger partial charge in [0.2, 0.25) is 0 Å². The van der Waals surface area contributed by atoms with Crippen molar-refractivity contribution >= 4 is 23.2 Å². The highest BCUT2D eigenvalue weighted by Gasteiger charge is 2.07. The third-order valence-electron chi connectivity index (χ3n) is 1.94. The Morgan fingerprint density at radius 3 is 2.79 bits per heavy atom. The van der Waals surface area contributed by atoms with Crippen molar-refractivity contribution in [3.63, 3.8) is 0 Å². The minimum absolute atomic E-state index is 0.203. The van der Waals surface area contributed by atoms with E-state index in [1.807, 2.05) is 18.0 Å². The molecule has 0 aliphatic carbocycles. The molecule has 0 unspecified atom stereocenters. The number of hydrogen-bond donors (Lipinski definition) is 0. The average molecular weight is 236 g/mol. The van der Waals surface area contributed by atoms with E-state index in [9.17, 15) is 4.39 Å². The first kappa shape index (κ1) is 11.8. The van der Waals surface area contributed by atoms with Crippen LogP contribution in [0, 0.1) is 5.82 Å². The second kappa shape index (κ2) is 5.54. The normalized spacial score (nSPS) is 10.9. The molecule has 0 aliphatic heterocycles. The van der Waals surface area contributed by atoms with Gasteiger partial charge in [-0.2, -0.15) is 0 Å². The summed E-state index contributed by atoms with van der Waals surface area (Å²) in [6.45, 7) is 1.37. The molecule has 0 amide bonds. The molecule has 14 heavy (non-hydrogen) atoms. The number of hydrogen-bond acceptors (Lipinski definition) is 1. The van der Waals surface area contributed by atoms with Gasteiger partial charge >= 0.3 is 0 Å². The highest BCUT2D eigenvalue weighted by Crippen LogP contribution is 2.20. The lowest BCUT2D eigenvalue weighted by Gasteiger charge is -2.15. The van der Waals surface area contributed by atoms with Crippen LogP contribution in [0.1, 0.15) is 5.56 Å². The van der Waals surface area contributed by atoms with Crippen LogP contribution in [0.5, 0.6) is 0 Å². The molecule has 4 heteroatoms. The van der Waals surface area contributed by atoms with Crippen LogP contribution >= 0.6 is 23.2 Å². The van der Waals surface area contributed by atoms with Crippen molar-refractivity contribution in [1.29, 1.82) is 0 Å². The summed E-state index contributed by atoms with van der Waals surface area (Å²) in [6, 6.07) is 4.83. The lowest BCUT2D eigenvalue weighted by molar-refractivity contribution is 0.347. The molecule has 0 saturated heterocycles. The highest BCUT2D eigenvalue weighted by molar-refractivity contribution is 6.31. The molecule has 1 aromatic carbocycles. The number of benzene rings is 1. The van der Waals surface area contributed by atoms with Gasteiger partial charge in [0.25, 0.3) is 0 Å². The van der Waals surface area contributed by atoms with Crippen LogP contribution in [-0.2, 0) is 6.54 Å². The SMILES string of the molecule is CN(CCCl)Cc1cccc(F)c1Cl. The molecule has 0 atom stereocenters. The van der Waals surface area contributed by atoms with Crippen LogP contribution in [-0.4, -0.2) is 24.4 Å². The largest absolute Gasteiger partial charge is 0.301 e. The summed E-state index contributed by atoms with van der Waals surface area (Å²) in [6.07, 6.45) is 0. The molecule has 0 bridgehead atoms. The summed E-state index contributed by atoms with van der Waals surface area (Å²) in [5.41, 5.74) is 0.791. The van der Waals surface area contributed by atoms with E-state index in [2.05, 4.69) is 0 Å². The predicted molar refractivity (Wildman–Crippen MR) is 58.5 cm³/mol. The third kappa shape index (κ3) is 3.12. The van der Waals surface area contributed by atoms with E-state index in [4.69, 9.17) is 23.2 Å². The van der Waals surface area contributed by atoms with Crippen LogP contribution < -0.4 is 0 Å². The second-order valence-corrected chi connectivity index (χ2v) is 3.90. The second-order valence-electron chi connectivity index (χ2n) is 3.14. The maximum Gasteiger partial charge on any atom is 0.142 e. The number of alkyl halides is 1. The quantitative estimate of drug-likeness (QED) is 0.726. The standard InChI is InChI=1S/C10H12Cl2FN/c1-14(6-5-11)7-8-3-2-4-9(13)10(8)12/h2-4H,5-7H2,1H3. The van der Waals surface area contributed by atoms with Gasteiger partial charge in [0.05, 0.1) is 5.02 Å². The van der Waals surface area contributed by atoms with Gasteiger partial charge < -0.3 is 4.90 Å². The zero-order chi connectivity index (χ0) is 10.6. The maximum absolute atomic E-state index is 13.0. The van der Waals surface area contributed by atoms with E-state index in [0.29, 0.717) is 12.4 Å². The van der Waals surface area contributed by atoms with Crippen molar-refractivity contribution in [2.24, 2.45) is 0 Å². The molecule has 1 aromatic rings. The molecule has 0 radical (unpaired) electrons. The third-order valence-corrected chi connectivity index (χ3v) is 2.53. The van der Waals surface area contributed by atoms with E-state index < -0.39 is 0 Å². The highest BCUT2D eigenvalue weighted by atomic mass is 35.5. The fourth-order valence-corrected chi connectivity index (χ4v) is 1.66. The van der Waals surface area contributed by atoms with Gasteiger partial charge in [0.1, 0.15) is 5.82 Å². The molecule has 0 N–H and O–H groups in total. The molecule has 0 aromatic heterocycles. The zero-order valence-electron chi connectivity index (χ0n) is 7.93. The summed E-state index contributed by atoms with van der Waals surface area (Å²) >= 11 is 11.4. The van der Waals surface area contributed by atoms with Crippen molar-refractivity contribution in [3.05, 3.63) is 34.6 Å². The van der Waals surface area contributed by atoms with Crippen LogP contribution in [0.4, 0.5) is 4.39 Å². The lowest BCUT2D eigenvalue weighted by atomic mass is 10.2. The van der Waals surface area contributed by atoms with Gasteiger partial charge in [0, 0.05) is 19.0 Å². The fourth-order valence-electron chi connectivity index (χ4n) is 1.18. The molecule has 1 rings (SSSR count). The molecule has 1 nitrogen and oxygen atoms in total. The number of nitrogens with zero attached hydrogens (tertiary/aromatic N) is 1. The molecule has 0 aliphatic rings. The lowest BCUT2D eigenvalue weighted by Crippen LogP contribution is -2.20. The van der Waals surface area contributed by atoms with Crippen molar-refractivity contribution < 1.29 is 4.39 Å². The molecular formula is C10H12Cl2FN. The first-order valence-corrected chi connectivity index (χ1v) is 5.23. The van der Waals surface area contributed by atoms with Crippen molar-refractivity contribution in [2.45, 2.75) is 6.54 Å². The van der Waals surface area contributed by atoms with Gasteiger partial charge in [-0.05, 0) is 18.7 Å². The smallest absolute Gasteiger partial charge is 0.142 e. The molecule has 0 heterocycles. The Morgan fingerprint density at radius 2 is 2.14 bits per heavy atom. The van der Waals surface area contributed by atoms with Gasteiger partial charge in [-0.3, -0.25) is 0 Å². The maximum atomic E-state index is 13.0. The summed E-state index contributed by atoms with van der Waals surface area (Å²) in [7, 11) is 1.92. The molecule has 0 saturated carbocycles. The Hall–Kier alpha value is -0.310. The monoisotopic (exact) mass is 235 g/mol. The molecule has 78 valence electrons. The molecule has 0 spiro atoms. The van der Waals surface area contributed by atoms with Crippen LogP contribution in [0.25, 0.3) is 0 Å². The fraction of sp³-hybridized carbons (Fsp3) is 0.400. The van der Waals surface area contributed by atoms with Gasteiger partial charge in [-0.1, -0.05) is 23.7 Å². The summed E-state index contributed by atoms with van der Waals surface area (Å²) < 4.78 is 13.0. The van der Waals surface area contributed by atoms with Crippen LogP contribution in [0.3, 0.4) is 0 Å². The Labute approximate surface area is 93.4 Å². The van der Waals surface area contributed by atoms with E-state index in [0.717, 1.165) is 12.1 Å². The van der Waals surface area contributed by atoms with Crippen molar-refractivity contribution in [1.82, 2.24) is 4.90 Å². The van der Waals surface area contributed by atoms with Gasteiger partial charge in [-0.25, -0.2) is 4.39 Å². The Morgan fingerprint density at radius 1 is 1.43 bits per heavy atom. The van der Waals surface area contributed by atoms with E-state index in [-0.39, 0.29) is 10.8 Å². The Kier molecular flexibility index (Phi) is 4.66. The van der Waals surface area contributed by atoms with Crippen molar-refractivity contribution in [3.8, 4) is 0 Å². The number of halogens is 3. The predicted octanol–water partition coefficient (Wildman–Crippen LogP) is 3.15. The topological polar surface area (TPSA) is 3.24 Å². The molecule has 0 fully saturated rings. The zero-order valence-corrected chi connectivity index (χ0v) is 9.45. The van der Waals surface area contributed by atoms with Crippen molar-refractivity contribution in [2.75, 3.05) is 19.5 Å². The van der Waals surface area contributed by atoms with E-state index in [1.165, 1.54) is 6.07 Å². The summed E-state index contributed by atoms with van der Waals surface area (Å²) in [4.78, 5) is 1.99. The Balaban J connectivity index is 2.71. The van der Waals surface area contributed by atoms with E-state index in [1.54, 1.807) is 6.07 Å². The molecular weight excluding hydrogens is 224 g/mol. The summed E-state index contributed by atoms with van der Waals surface area (Å²) in [5.74, 6) is 0.187. The average Bonchev–Trinajstić information content (AvgIpc) is 2.13. The number of rotatable bonds is 4. The minimum atomic E-state index is -0.372. The van der Waals surface area contributed by atoms with Crippen LogP contribution in [0.15, 0.2) is 18.2 Å².